The molecule has 0 aliphatic carbocycles. The fraction of sp³-hybridized carbons (Fsp3) is 0.190. The van der Waals surface area contributed by atoms with E-state index in [9.17, 15) is 14.4 Å². The normalized spacial score (nSPS) is 11.6. The summed E-state index contributed by atoms with van der Waals surface area (Å²) in [5.41, 5.74) is 1.85. The molecule has 0 fully saturated rings. The van der Waals surface area contributed by atoms with Crippen molar-refractivity contribution in [3.63, 3.8) is 0 Å². The predicted octanol–water partition coefficient (Wildman–Crippen LogP) is 3.54. The molecule has 0 bridgehead atoms. The molecule has 0 aliphatic heterocycles. The zero-order valence-corrected chi connectivity index (χ0v) is 15.6. The molecule has 7 heteroatoms. The van der Waals surface area contributed by atoms with E-state index in [1.807, 2.05) is 12.1 Å². The van der Waals surface area contributed by atoms with Crippen molar-refractivity contribution in [1.82, 2.24) is 0 Å². The second kappa shape index (κ2) is 10.5. The first-order valence-electron chi connectivity index (χ1n) is 8.57. The quantitative estimate of drug-likeness (QED) is 0.302. The number of rotatable bonds is 8. The molecule has 0 aromatic heterocycles. The van der Waals surface area contributed by atoms with Gasteiger partial charge in [0.25, 0.3) is 0 Å². The van der Waals surface area contributed by atoms with Crippen LogP contribution >= 0.6 is 0 Å². The molecular formula is C21H20N2O5. The molecule has 0 saturated heterocycles. The summed E-state index contributed by atoms with van der Waals surface area (Å²) in [6.07, 6.45) is -0.0215. The van der Waals surface area contributed by atoms with Crippen molar-refractivity contribution in [3.8, 4) is 0 Å². The lowest BCUT2D eigenvalue weighted by atomic mass is 9.99. The van der Waals surface area contributed by atoms with Gasteiger partial charge in [-0.2, -0.15) is 0 Å². The van der Waals surface area contributed by atoms with Gasteiger partial charge in [0, 0.05) is 25.8 Å². The van der Waals surface area contributed by atoms with E-state index in [0.717, 1.165) is 0 Å². The average Bonchev–Trinajstić information content (AvgIpc) is 2.70. The average molecular weight is 380 g/mol. The molecule has 0 radical (unpaired) electrons. The summed E-state index contributed by atoms with van der Waals surface area (Å²) in [4.78, 5) is 44.4. The second-order valence-electron chi connectivity index (χ2n) is 5.87. The molecule has 0 saturated carbocycles. The molecular weight excluding hydrogens is 360 g/mol. The Morgan fingerprint density at radius 3 is 1.75 bits per heavy atom. The number of carbonyl (C=O) groups excluding carboxylic acids is 3. The Hall–Kier alpha value is -3.61. The van der Waals surface area contributed by atoms with E-state index in [0.29, 0.717) is 16.8 Å². The van der Waals surface area contributed by atoms with Crippen LogP contribution in [-0.2, 0) is 19.3 Å². The van der Waals surface area contributed by atoms with E-state index in [2.05, 4.69) is 10.3 Å². The predicted molar refractivity (Wildman–Crippen MR) is 104 cm³/mol. The maximum atomic E-state index is 12.5. The number of hydrogen-bond donors (Lipinski definition) is 0. The van der Waals surface area contributed by atoms with E-state index in [4.69, 9.17) is 9.68 Å². The van der Waals surface area contributed by atoms with Crippen LogP contribution in [0.4, 0.5) is 0 Å². The number of hydrogen-bond acceptors (Lipinski definition) is 7. The Morgan fingerprint density at radius 1 is 0.714 bits per heavy atom. The van der Waals surface area contributed by atoms with Crippen LogP contribution < -0.4 is 0 Å². The number of benzene rings is 2. The Balaban J connectivity index is 2.28. The van der Waals surface area contributed by atoms with Crippen LogP contribution in [-0.4, -0.2) is 29.1 Å². The first-order valence-corrected chi connectivity index (χ1v) is 8.57. The molecule has 2 aromatic rings. The van der Waals surface area contributed by atoms with Crippen LogP contribution in [0.1, 0.15) is 42.6 Å². The highest BCUT2D eigenvalue weighted by atomic mass is 16.7. The van der Waals surface area contributed by atoms with Gasteiger partial charge in [-0.3, -0.25) is 4.79 Å². The molecule has 0 amide bonds. The minimum Gasteiger partial charge on any atom is -0.319 e. The molecule has 7 nitrogen and oxygen atoms in total. The summed E-state index contributed by atoms with van der Waals surface area (Å²) in [6.45, 7) is 2.45. The fourth-order valence-corrected chi connectivity index (χ4v) is 2.30. The summed E-state index contributed by atoms with van der Waals surface area (Å²) < 4.78 is 0. The topological polar surface area (TPSA) is 94.4 Å². The zero-order valence-electron chi connectivity index (χ0n) is 15.6. The lowest BCUT2D eigenvalue weighted by molar-refractivity contribution is -0.141. The van der Waals surface area contributed by atoms with Crippen LogP contribution in [0.25, 0.3) is 0 Å². The van der Waals surface area contributed by atoms with Gasteiger partial charge in [0.1, 0.15) is 0 Å². The van der Waals surface area contributed by atoms with E-state index in [1.165, 1.54) is 13.8 Å². The van der Waals surface area contributed by atoms with Crippen LogP contribution in [0.15, 0.2) is 71.0 Å². The largest absolute Gasteiger partial charge is 0.331 e. The Kier molecular flexibility index (Phi) is 7.77. The second-order valence-corrected chi connectivity index (χ2v) is 5.87. The SMILES string of the molecule is CC(=O)ON=C(CC(=O)c1ccccc1)CC(=NOC(C)=O)c1ccccc1. The van der Waals surface area contributed by atoms with Gasteiger partial charge in [0.2, 0.25) is 0 Å². The molecule has 0 heterocycles. The minimum atomic E-state index is -0.608. The highest BCUT2D eigenvalue weighted by molar-refractivity contribution is 6.18. The summed E-state index contributed by atoms with van der Waals surface area (Å²) >= 11 is 0. The molecule has 0 aliphatic rings. The van der Waals surface area contributed by atoms with Gasteiger partial charge < -0.3 is 9.68 Å². The third-order valence-electron chi connectivity index (χ3n) is 3.53. The standard InChI is InChI=1S/C21H20N2O5/c1-15(24)27-22-19(14-21(26)18-11-7-4-8-12-18)13-20(23-28-16(2)25)17-9-5-3-6-10-17/h3-12H,13-14H2,1-2H3. The van der Waals surface area contributed by atoms with Crippen molar-refractivity contribution in [2.75, 3.05) is 0 Å². The van der Waals surface area contributed by atoms with Crippen molar-refractivity contribution in [2.24, 2.45) is 10.3 Å². The van der Waals surface area contributed by atoms with Gasteiger partial charge in [-0.15, -0.1) is 0 Å². The Morgan fingerprint density at radius 2 is 1.21 bits per heavy atom. The van der Waals surface area contributed by atoms with Crippen LogP contribution in [0.3, 0.4) is 0 Å². The van der Waals surface area contributed by atoms with Crippen molar-refractivity contribution in [1.29, 1.82) is 0 Å². The smallest absolute Gasteiger partial charge is 0.319 e. The van der Waals surface area contributed by atoms with Crippen LogP contribution in [0, 0.1) is 0 Å². The summed E-state index contributed by atoms with van der Waals surface area (Å²) in [7, 11) is 0. The highest BCUT2D eigenvalue weighted by Crippen LogP contribution is 2.11. The van der Waals surface area contributed by atoms with Crippen molar-refractivity contribution >= 4 is 29.1 Å². The van der Waals surface area contributed by atoms with Gasteiger partial charge in [0.05, 0.1) is 17.8 Å². The molecule has 28 heavy (non-hydrogen) atoms. The van der Waals surface area contributed by atoms with Gasteiger partial charge >= 0.3 is 11.9 Å². The maximum absolute atomic E-state index is 12.5. The van der Waals surface area contributed by atoms with Crippen LogP contribution in [0.2, 0.25) is 0 Å². The van der Waals surface area contributed by atoms with Gasteiger partial charge in [0.15, 0.2) is 5.78 Å². The molecule has 0 spiro atoms. The number of ketones is 1. The zero-order chi connectivity index (χ0) is 20.4. The van der Waals surface area contributed by atoms with E-state index in [-0.39, 0.29) is 24.3 Å². The molecule has 144 valence electrons. The Bertz CT molecular complexity index is 890. The summed E-state index contributed by atoms with van der Waals surface area (Å²) in [5.74, 6) is -1.37. The van der Waals surface area contributed by atoms with Crippen molar-refractivity contribution < 1.29 is 24.1 Å². The molecule has 0 atom stereocenters. The Labute approximate surface area is 162 Å². The van der Waals surface area contributed by atoms with Gasteiger partial charge in [-0.05, 0) is 5.56 Å². The number of Topliss-reactive ketones (excluding diaryl/α,β-unsaturated/α-hetero) is 1. The first kappa shape index (κ1) is 20.7. The van der Waals surface area contributed by atoms with Gasteiger partial charge in [-0.25, -0.2) is 9.59 Å². The lowest BCUT2D eigenvalue weighted by Gasteiger charge is -2.09. The highest BCUT2D eigenvalue weighted by Gasteiger charge is 2.16. The van der Waals surface area contributed by atoms with E-state index >= 15 is 0 Å². The van der Waals surface area contributed by atoms with E-state index < -0.39 is 11.9 Å². The minimum absolute atomic E-state index is 0.0587. The monoisotopic (exact) mass is 380 g/mol. The fourth-order valence-electron chi connectivity index (χ4n) is 2.30. The number of oxime groups is 2. The lowest BCUT2D eigenvalue weighted by Crippen LogP contribution is -2.16. The number of carbonyl (C=O) groups is 3. The number of nitrogens with zero attached hydrogens (tertiary/aromatic N) is 2. The molecule has 0 unspecified atom stereocenters. The van der Waals surface area contributed by atoms with Gasteiger partial charge in [-0.1, -0.05) is 71.0 Å². The molecule has 2 aromatic carbocycles. The molecule has 2 rings (SSSR count). The summed E-state index contributed by atoms with van der Waals surface area (Å²) in [6, 6.07) is 17.7. The van der Waals surface area contributed by atoms with Crippen molar-refractivity contribution in [3.05, 3.63) is 71.8 Å². The maximum Gasteiger partial charge on any atom is 0.331 e. The van der Waals surface area contributed by atoms with Crippen LogP contribution in [0.5, 0.6) is 0 Å². The molecule has 0 N–H and O–H groups in total. The third-order valence-corrected chi connectivity index (χ3v) is 3.53. The van der Waals surface area contributed by atoms with E-state index in [1.54, 1.807) is 48.5 Å². The first-order chi connectivity index (χ1) is 13.5. The summed E-state index contributed by atoms with van der Waals surface area (Å²) in [5, 5.41) is 7.68. The third kappa shape index (κ3) is 6.95. The van der Waals surface area contributed by atoms with Crippen molar-refractivity contribution in [2.45, 2.75) is 26.7 Å².